The molecule has 0 saturated heterocycles. The standard InChI is InChI=1S/C7H9N.C5H9Cl2NO/c8-6-7-4-2-1-3-5-7;1-3(5(8)9)4(7)2-6/h1-5H,6,8H2;3-4H,2H2,1H3,(H2,8,9). The van der Waals surface area contributed by atoms with E-state index in [4.69, 9.17) is 34.7 Å². The second kappa shape index (κ2) is 9.28. The molecule has 2 atom stereocenters. The van der Waals surface area contributed by atoms with Crippen LogP contribution < -0.4 is 11.5 Å². The lowest BCUT2D eigenvalue weighted by Crippen LogP contribution is -2.28. The van der Waals surface area contributed by atoms with E-state index in [1.165, 1.54) is 5.56 Å². The van der Waals surface area contributed by atoms with Gasteiger partial charge in [0.15, 0.2) is 0 Å². The van der Waals surface area contributed by atoms with E-state index in [1.807, 2.05) is 30.3 Å². The Morgan fingerprint density at radius 3 is 2.12 bits per heavy atom. The van der Waals surface area contributed by atoms with Crippen LogP contribution in [0.25, 0.3) is 0 Å². The summed E-state index contributed by atoms with van der Waals surface area (Å²) in [6, 6.07) is 9.99. The first kappa shape index (κ1) is 16.2. The van der Waals surface area contributed by atoms with Crippen molar-refractivity contribution in [1.29, 1.82) is 0 Å². The molecule has 96 valence electrons. The highest BCUT2D eigenvalue weighted by Gasteiger charge is 2.17. The Labute approximate surface area is 112 Å². The zero-order valence-corrected chi connectivity index (χ0v) is 11.3. The SMILES string of the molecule is CC(C(N)=O)C(Cl)CCl.NCc1ccccc1. The number of primary amides is 1. The van der Waals surface area contributed by atoms with Crippen LogP contribution in [-0.4, -0.2) is 17.2 Å². The maximum absolute atomic E-state index is 10.4. The van der Waals surface area contributed by atoms with Crippen LogP contribution in [0.2, 0.25) is 0 Å². The monoisotopic (exact) mass is 276 g/mol. The van der Waals surface area contributed by atoms with Crippen LogP contribution in [0.4, 0.5) is 0 Å². The van der Waals surface area contributed by atoms with Crippen LogP contribution in [0.5, 0.6) is 0 Å². The average Bonchev–Trinajstić information content (AvgIpc) is 2.38. The maximum atomic E-state index is 10.4. The summed E-state index contributed by atoms with van der Waals surface area (Å²) in [5.74, 6) is -0.495. The van der Waals surface area contributed by atoms with Gasteiger partial charge in [-0.25, -0.2) is 0 Å². The highest BCUT2D eigenvalue weighted by atomic mass is 35.5. The van der Waals surface area contributed by atoms with Crippen LogP contribution in [0.15, 0.2) is 30.3 Å². The first-order chi connectivity index (χ1) is 8.02. The predicted octanol–water partition coefficient (Wildman–Crippen LogP) is 2.10. The predicted molar refractivity (Wildman–Crippen MR) is 73.1 cm³/mol. The lowest BCUT2D eigenvalue weighted by molar-refractivity contribution is -0.121. The van der Waals surface area contributed by atoms with Gasteiger partial charge in [0.2, 0.25) is 5.91 Å². The lowest BCUT2D eigenvalue weighted by atomic mass is 10.1. The summed E-state index contributed by atoms with van der Waals surface area (Å²) in [5, 5.41) is -0.343. The van der Waals surface area contributed by atoms with Crippen molar-refractivity contribution < 1.29 is 4.79 Å². The zero-order valence-electron chi connectivity index (χ0n) is 9.77. The summed E-state index contributed by atoms with van der Waals surface area (Å²) in [6.45, 7) is 2.29. The van der Waals surface area contributed by atoms with Crippen LogP contribution in [-0.2, 0) is 11.3 Å². The Morgan fingerprint density at radius 1 is 1.35 bits per heavy atom. The van der Waals surface area contributed by atoms with Crippen molar-refractivity contribution in [2.75, 3.05) is 5.88 Å². The number of halogens is 2. The molecule has 0 heterocycles. The molecular formula is C12H18Cl2N2O. The Balaban J connectivity index is 0.000000302. The Kier molecular flexibility index (Phi) is 8.86. The lowest BCUT2D eigenvalue weighted by Gasteiger charge is -2.09. The third-order valence-corrected chi connectivity index (χ3v) is 3.24. The molecule has 0 radical (unpaired) electrons. The fourth-order valence-corrected chi connectivity index (χ4v) is 1.32. The van der Waals surface area contributed by atoms with Crippen LogP contribution >= 0.6 is 23.2 Å². The number of nitrogens with two attached hydrogens (primary N) is 2. The first-order valence-electron chi connectivity index (χ1n) is 5.26. The number of carbonyl (C=O) groups excluding carboxylic acids is 1. The van der Waals surface area contributed by atoms with Gasteiger partial charge in [-0.15, -0.1) is 23.2 Å². The minimum atomic E-state index is -0.407. The van der Waals surface area contributed by atoms with Gasteiger partial charge in [0.25, 0.3) is 0 Å². The number of hydrogen-bond donors (Lipinski definition) is 2. The molecule has 1 aromatic rings. The number of hydrogen-bond acceptors (Lipinski definition) is 2. The van der Waals surface area contributed by atoms with Crippen LogP contribution in [0.1, 0.15) is 12.5 Å². The fourth-order valence-electron chi connectivity index (χ4n) is 0.926. The Hall–Kier alpha value is -0.770. The van der Waals surface area contributed by atoms with E-state index in [2.05, 4.69) is 0 Å². The fraction of sp³-hybridized carbons (Fsp3) is 0.417. The second-order valence-corrected chi connectivity index (χ2v) is 4.42. The molecule has 0 aliphatic rings. The van der Waals surface area contributed by atoms with Crippen molar-refractivity contribution in [2.45, 2.75) is 18.8 Å². The molecule has 0 fully saturated rings. The second-order valence-electron chi connectivity index (χ2n) is 3.55. The van der Waals surface area contributed by atoms with Crippen molar-refractivity contribution in [1.82, 2.24) is 0 Å². The highest BCUT2D eigenvalue weighted by Crippen LogP contribution is 2.10. The summed E-state index contributed by atoms with van der Waals surface area (Å²) in [5.41, 5.74) is 11.5. The van der Waals surface area contributed by atoms with Gasteiger partial charge in [0.05, 0.1) is 11.3 Å². The molecule has 17 heavy (non-hydrogen) atoms. The minimum absolute atomic E-state index is 0.256. The van der Waals surface area contributed by atoms with E-state index in [1.54, 1.807) is 6.92 Å². The van der Waals surface area contributed by atoms with E-state index in [0.29, 0.717) is 6.54 Å². The third-order valence-electron chi connectivity index (χ3n) is 2.22. The van der Waals surface area contributed by atoms with Gasteiger partial charge in [-0.3, -0.25) is 4.79 Å². The van der Waals surface area contributed by atoms with E-state index < -0.39 is 5.91 Å². The number of alkyl halides is 2. The summed E-state index contributed by atoms with van der Waals surface area (Å²) >= 11 is 10.9. The van der Waals surface area contributed by atoms with Crippen molar-refractivity contribution >= 4 is 29.1 Å². The number of amides is 1. The van der Waals surface area contributed by atoms with Gasteiger partial charge in [0, 0.05) is 12.4 Å². The van der Waals surface area contributed by atoms with Crippen molar-refractivity contribution in [3.8, 4) is 0 Å². The average molecular weight is 277 g/mol. The van der Waals surface area contributed by atoms with E-state index in [0.717, 1.165) is 0 Å². The minimum Gasteiger partial charge on any atom is -0.369 e. The molecule has 1 amide bonds. The molecule has 0 aliphatic carbocycles. The highest BCUT2D eigenvalue weighted by molar-refractivity contribution is 6.29. The molecule has 5 heteroatoms. The molecule has 3 nitrogen and oxygen atoms in total. The van der Waals surface area contributed by atoms with Gasteiger partial charge < -0.3 is 11.5 Å². The third kappa shape index (κ3) is 7.21. The molecule has 0 bridgehead atoms. The first-order valence-corrected chi connectivity index (χ1v) is 6.23. The van der Waals surface area contributed by atoms with Gasteiger partial charge in [-0.2, -0.15) is 0 Å². The number of carbonyl (C=O) groups is 1. The van der Waals surface area contributed by atoms with E-state index >= 15 is 0 Å². The topological polar surface area (TPSA) is 69.1 Å². The number of rotatable bonds is 4. The summed E-state index contributed by atoms with van der Waals surface area (Å²) in [7, 11) is 0. The Bertz CT molecular complexity index is 320. The Morgan fingerprint density at radius 2 is 1.88 bits per heavy atom. The molecule has 4 N–H and O–H groups in total. The molecule has 0 aliphatic heterocycles. The molecular weight excluding hydrogens is 259 g/mol. The molecule has 0 aromatic heterocycles. The van der Waals surface area contributed by atoms with Gasteiger partial charge in [-0.1, -0.05) is 37.3 Å². The van der Waals surface area contributed by atoms with Crippen molar-refractivity contribution in [3.63, 3.8) is 0 Å². The normalized spacial score (nSPS) is 13.2. The quantitative estimate of drug-likeness (QED) is 0.827. The van der Waals surface area contributed by atoms with Crippen LogP contribution in [0, 0.1) is 5.92 Å². The summed E-state index contributed by atoms with van der Waals surface area (Å²) in [6.07, 6.45) is 0. The van der Waals surface area contributed by atoms with E-state index in [9.17, 15) is 4.79 Å². The van der Waals surface area contributed by atoms with E-state index in [-0.39, 0.29) is 17.2 Å². The maximum Gasteiger partial charge on any atom is 0.221 e. The van der Waals surface area contributed by atoms with Gasteiger partial charge in [0.1, 0.15) is 0 Å². The molecule has 0 saturated carbocycles. The molecule has 2 unspecified atom stereocenters. The van der Waals surface area contributed by atoms with Crippen molar-refractivity contribution in [3.05, 3.63) is 35.9 Å². The molecule has 1 aromatic carbocycles. The number of benzene rings is 1. The summed E-state index contributed by atoms with van der Waals surface area (Å²) < 4.78 is 0. The largest absolute Gasteiger partial charge is 0.369 e. The smallest absolute Gasteiger partial charge is 0.221 e. The van der Waals surface area contributed by atoms with Gasteiger partial charge in [-0.05, 0) is 5.56 Å². The molecule has 0 spiro atoms. The van der Waals surface area contributed by atoms with Crippen molar-refractivity contribution in [2.24, 2.45) is 17.4 Å². The zero-order chi connectivity index (χ0) is 13.3. The molecule has 1 rings (SSSR count). The van der Waals surface area contributed by atoms with Gasteiger partial charge >= 0.3 is 0 Å². The van der Waals surface area contributed by atoms with Crippen LogP contribution in [0.3, 0.4) is 0 Å². The summed E-state index contributed by atoms with van der Waals surface area (Å²) in [4.78, 5) is 10.4.